The van der Waals surface area contributed by atoms with Crippen molar-refractivity contribution < 1.29 is 14.3 Å². The van der Waals surface area contributed by atoms with Crippen molar-refractivity contribution >= 4 is 11.8 Å². The minimum absolute atomic E-state index is 0.184. The number of Topliss-reactive ketones (excluding diaryl/α,β-unsaturated/α-hetero) is 1. The third-order valence-corrected chi connectivity index (χ3v) is 3.68. The zero-order valence-corrected chi connectivity index (χ0v) is 13.4. The smallest absolute Gasteiger partial charge is 0.317 e. The second-order valence-electron chi connectivity index (χ2n) is 5.49. The maximum Gasteiger partial charge on any atom is 0.317 e. The fourth-order valence-electron chi connectivity index (χ4n) is 2.35. The number of ether oxygens (including phenoxy) is 1. The van der Waals surface area contributed by atoms with Gasteiger partial charge in [-0.05, 0) is 18.4 Å². The standard InChI is InChI=1S/C20H22O3/c1-2-3-14-23-20(22)18(15-16-10-6-4-7-11-16)19(21)17-12-8-5-9-13-17/h4-13,18H,2-3,14-15H2,1H3. The highest BCUT2D eigenvalue weighted by atomic mass is 16.5. The average molecular weight is 310 g/mol. The van der Waals surface area contributed by atoms with E-state index < -0.39 is 11.9 Å². The summed E-state index contributed by atoms with van der Waals surface area (Å²) in [5, 5.41) is 0. The predicted molar refractivity (Wildman–Crippen MR) is 90.3 cm³/mol. The Labute approximate surface area is 137 Å². The molecule has 0 saturated carbocycles. The summed E-state index contributed by atoms with van der Waals surface area (Å²) in [6, 6.07) is 18.5. The molecule has 0 heterocycles. The van der Waals surface area contributed by atoms with Crippen LogP contribution in [0.25, 0.3) is 0 Å². The molecular weight excluding hydrogens is 288 g/mol. The molecule has 0 aliphatic rings. The second kappa shape index (κ2) is 8.89. The first-order chi connectivity index (χ1) is 11.2. The summed E-state index contributed by atoms with van der Waals surface area (Å²) in [4.78, 5) is 25.1. The number of hydrogen-bond acceptors (Lipinski definition) is 3. The van der Waals surface area contributed by atoms with Crippen LogP contribution < -0.4 is 0 Å². The molecule has 0 saturated heterocycles. The van der Waals surface area contributed by atoms with Gasteiger partial charge in [0.25, 0.3) is 0 Å². The van der Waals surface area contributed by atoms with E-state index in [1.807, 2.05) is 43.3 Å². The van der Waals surface area contributed by atoms with E-state index in [2.05, 4.69) is 0 Å². The lowest BCUT2D eigenvalue weighted by Gasteiger charge is -2.15. The predicted octanol–water partition coefficient (Wildman–Crippen LogP) is 4.07. The third-order valence-electron chi connectivity index (χ3n) is 3.68. The summed E-state index contributed by atoms with van der Waals surface area (Å²) in [6.07, 6.45) is 2.12. The van der Waals surface area contributed by atoms with E-state index in [1.165, 1.54) is 0 Å². The summed E-state index contributed by atoms with van der Waals surface area (Å²) in [5.74, 6) is -1.41. The van der Waals surface area contributed by atoms with E-state index in [0.29, 0.717) is 18.6 Å². The molecule has 0 amide bonds. The normalized spacial score (nSPS) is 11.7. The van der Waals surface area contributed by atoms with Crippen molar-refractivity contribution in [2.45, 2.75) is 26.2 Å². The molecular formula is C20H22O3. The van der Waals surface area contributed by atoms with Crippen molar-refractivity contribution in [1.82, 2.24) is 0 Å². The zero-order chi connectivity index (χ0) is 16.5. The number of hydrogen-bond donors (Lipinski definition) is 0. The fraction of sp³-hybridized carbons (Fsp3) is 0.300. The van der Waals surface area contributed by atoms with Gasteiger partial charge in [0.15, 0.2) is 5.78 Å². The van der Waals surface area contributed by atoms with Gasteiger partial charge in [-0.15, -0.1) is 0 Å². The van der Waals surface area contributed by atoms with E-state index >= 15 is 0 Å². The molecule has 2 rings (SSSR count). The molecule has 1 atom stereocenters. The second-order valence-corrected chi connectivity index (χ2v) is 5.49. The summed E-state index contributed by atoms with van der Waals surface area (Å²) < 4.78 is 5.30. The Morgan fingerprint density at radius 3 is 2.17 bits per heavy atom. The zero-order valence-electron chi connectivity index (χ0n) is 13.4. The first-order valence-corrected chi connectivity index (χ1v) is 8.02. The van der Waals surface area contributed by atoms with E-state index in [4.69, 9.17) is 4.74 Å². The molecule has 0 aromatic heterocycles. The molecule has 0 aliphatic heterocycles. The highest BCUT2D eigenvalue weighted by molar-refractivity contribution is 6.08. The van der Waals surface area contributed by atoms with Crippen LogP contribution in [-0.2, 0) is 16.0 Å². The van der Waals surface area contributed by atoms with Gasteiger partial charge < -0.3 is 4.74 Å². The first-order valence-electron chi connectivity index (χ1n) is 8.02. The van der Waals surface area contributed by atoms with Crippen LogP contribution in [0.15, 0.2) is 60.7 Å². The SMILES string of the molecule is CCCCOC(=O)C(Cc1ccccc1)C(=O)c1ccccc1. The van der Waals surface area contributed by atoms with Gasteiger partial charge in [-0.3, -0.25) is 9.59 Å². The van der Waals surface area contributed by atoms with Gasteiger partial charge in [0.1, 0.15) is 5.92 Å². The molecule has 0 radical (unpaired) electrons. The molecule has 0 bridgehead atoms. The first kappa shape index (κ1) is 16.9. The Kier molecular flexibility index (Phi) is 6.55. The Bertz CT molecular complexity index is 620. The highest BCUT2D eigenvalue weighted by Gasteiger charge is 2.29. The van der Waals surface area contributed by atoms with E-state index in [0.717, 1.165) is 18.4 Å². The van der Waals surface area contributed by atoms with Gasteiger partial charge in [-0.25, -0.2) is 0 Å². The lowest BCUT2D eigenvalue weighted by Crippen LogP contribution is -2.28. The van der Waals surface area contributed by atoms with Crippen LogP contribution in [0.5, 0.6) is 0 Å². The van der Waals surface area contributed by atoms with Crippen LogP contribution in [0.4, 0.5) is 0 Å². The van der Waals surface area contributed by atoms with Crippen molar-refractivity contribution in [3.8, 4) is 0 Å². The maximum atomic E-state index is 12.7. The number of carbonyl (C=O) groups excluding carboxylic acids is 2. The molecule has 2 aromatic carbocycles. The minimum atomic E-state index is -0.795. The van der Waals surface area contributed by atoms with Crippen LogP contribution in [0.1, 0.15) is 35.7 Å². The number of benzene rings is 2. The molecule has 2 aromatic rings. The summed E-state index contributed by atoms with van der Waals surface area (Å²) >= 11 is 0. The summed E-state index contributed by atoms with van der Waals surface area (Å²) in [7, 11) is 0. The lowest BCUT2D eigenvalue weighted by molar-refractivity contribution is -0.146. The van der Waals surface area contributed by atoms with Gasteiger partial charge in [-0.1, -0.05) is 74.0 Å². The molecule has 0 spiro atoms. The lowest BCUT2D eigenvalue weighted by atomic mass is 9.91. The number of rotatable bonds is 8. The Balaban J connectivity index is 2.16. The van der Waals surface area contributed by atoms with Gasteiger partial charge in [0, 0.05) is 5.56 Å². The average Bonchev–Trinajstić information content (AvgIpc) is 2.61. The number of esters is 1. The van der Waals surface area contributed by atoms with Crippen molar-refractivity contribution in [2.24, 2.45) is 5.92 Å². The van der Waals surface area contributed by atoms with Gasteiger partial charge in [-0.2, -0.15) is 0 Å². The number of carbonyl (C=O) groups is 2. The fourth-order valence-corrected chi connectivity index (χ4v) is 2.35. The Morgan fingerprint density at radius 2 is 1.57 bits per heavy atom. The monoisotopic (exact) mass is 310 g/mol. The van der Waals surface area contributed by atoms with Crippen LogP contribution in [-0.4, -0.2) is 18.4 Å². The molecule has 3 nitrogen and oxygen atoms in total. The topological polar surface area (TPSA) is 43.4 Å². The maximum absolute atomic E-state index is 12.7. The van der Waals surface area contributed by atoms with Crippen LogP contribution >= 0.6 is 0 Å². The van der Waals surface area contributed by atoms with Gasteiger partial charge in [0.2, 0.25) is 0 Å². The summed E-state index contributed by atoms with van der Waals surface area (Å²) in [6.45, 7) is 2.40. The van der Waals surface area contributed by atoms with E-state index in [9.17, 15) is 9.59 Å². The van der Waals surface area contributed by atoms with Crippen LogP contribution in [0.2, 0.25) is 0 Å². The number of ketones is 1. The van der Waals surface area contributed by atoms with Crippen molar-refractivity contribution in [2.75, 3.05) is 6.61 Å². The molecule has 3 heteroatoms. The molecule has 1 unspecified atom stereocenters. The van der Waals surface area contributed by atoms with Gasteiger partial charge >= 0.3 is 5.97 Å². The quantitative estimate of drug-likeness (QED) is 0.319. The minimum Gasteiger partial charge on any atom is -0.465 e. The molecule has 120 valence electrons. The van der Waals surface area contributed by atoms with Crippen LogP contribution in [0.3, 0.4) is 0 Å². The van der Waals surface area contributed by atoms with Crippen molar-refractivity contribution in [3.05, 3.63) is 71.8 Å². The van der Waals surface area contributed by atoms with Crippen molar-refractivity contribution in [1.29, 1.82) is 0 Å². The molecule has 0 N–H and O–H groups in total. The third kappa shape index (κ3) is 5.06. The Hall–Kier alpha value is -2.42. The molecule has 0 aliphatic carbocycles. The Morgan fingerprint density at radius 1 is 0.957 bits per heavy atom. The molecule has 23 heavy (non-hydrogen) atoms. The van der Waals surface area contributed by atoms with E-state index in [1.54, 1.807) is 24.3 Å². The van der Waals surface area contributed by atoms with Crippen molar-refractivity contribution in [3.63, 3.8) is 0 Å². The number of unbranched alkanes of at least 4 members (excludes halogenated alkanes) is 1. The highest BCUT2D eigenvalue weighted by Crippen LogP contribution is 2.17. The van der Waals surface area contributed by atoms with Gasteiger partial charge in [0.05, 0.1) is 6.61 Å². The van der Waals surface area contributed by atoms with Crippen LogP contribution in [0, 0.1) is 5.92 Å². The summed E-state index contributed by atoms with van der Waals surface area (Å²) in [5.41, 5.74) is 1.50. The molecule has 0 fully saturated rings. The largest absolute Gasteiger partial charge is 0.465 e. The van der Waals surface area contributed by atoms with E-state index in [-0.39, 0.29) is 5.78 Å².